The molecule has 0 radical (unpaired) electrons. The molecule has 1 aromatic carbocycles. The minimum Gasteiger partial charge on any atom is -0.329 e. The van der Waals surface area contributed by atoms with Gasteiger partial charge in [0, 0.05) is 13.1 Å². The van der Waals surface area contributed by atoms with Crippen molar-refractivity contribution in [1.29, 1.82) is 0 Å². The number of nitrogens with zero attached hydrogens (tertiary/aromatic N) is 1. The Hall–Kier alpha value is -0.860. The molecule has 0 aromatic heterocycles. The summed E-state index contributed by atoms with van der Waals surface area (Å²) < 4.78 is 0. The summed E-state index contributed by atoms with van der Waals surface area (Å²) in [6.07, 6.45) is 4.95. The van der Waals surface area contributed by atoms with Crippen LogP contribution in [0.3, 0.4) is 0 Å². The molecule has 1 aromatic rings. The van der Waals surface area contributed by atoms with Crippen molar-refractivity contribution in [1.82, 2.24) is 4.90 Å². The molecule has 0 saturated carbocycles. The molecule has 0 heterocycles. The first-order valence-corrected chi connectivity index (χ1v) is 6.83. The van der Waals surface area contributed by atoms with Gasteiger partial charge in [-0.1, -0.05) is 43.7 Å². The van der Waals surface area contributed by atoms with Crippen molar-refractivity contribution in [2.75, 3.05) is 26.2 Å². The average Bonchev–Trinajstić information content (AvgIpc) is 2.37. The Morgan fingerprint density at radius 3 is 2.35 bits per heavy atom. The van der Waals surface area contributed by atoms with Gasteiger partial charge in [-0.2, -0.15) is 0 Å². The van der Waals surface area contributed by atoms with E-state index in [2.05, 4.69) is 42.2 Å². The Morgan fingerprint density at radius 1 is 1.00 bits per heavy atom. The van der Waals surface area contributed by atoms with Crippen LogP contribution in [0.15, 0.2) is 30.3 Å². The van der Waals surface area contributed by atoms with E-state index in [4.69, 9.17) is 5.73 Å². The zero-order chi connectivity index (χ0) is 12.3. The van der Waals surface area contributed by atoms with E-state index < -0.39 is 0 Å². The quantitative estimate of drug-likeness (QED) is 0.712. The molecule has 17 heavy (non-hydrogen) atoms. The van der Waals surface area contributed by atoms with Crippen LogP contribution in [0.25, 0.3) is 0 Å². The molecule has 2 nitrogen and oxygen atoms in total. The van der Waals surface area contributed by atoms with E-state index in [9.17, 15) is 0 Å². The van der Waals surface area contributed by atoms with Gasteiger partial charge in [-0.3, -0.25) is 0 Å². The van der Waals surface area contributed by atoms with Crippen LogP contribution in [-0.2, 0) is 6.42 Å². The second-order valence-corrected chi connectivity index (χ2v) is 4.57. The molecule has 96 valence electrons. The predicted molar refractivity (Wildman–Crippen MR) is 75.2 cm³/mol. The van der Waals surface area contributed by atoms with Crippen LogP contribution in [-0.4, -0.2) is 31.1 Å². The number of nitrogens with two attached hydrogens (primary N) is 1. The molecule has 2 heteroatoms. The van der Waals surface area contributed by atoms with E-state index >= 15 is 0 Å². The van der Waals surface area contributed by atoms with Crippen molar-refractivity contribution >= 4 is 0 Å². The predicted octanol–water partition coefficient (Wildman–Crippen LogP) is 2.68. The highest BCUT2D eigenvalue weighted by molar-refractivity contribution is 5.14. The topological polar surface area (TPSA) is 29.3 Å². The first-order valence-electron chi connectivity index (χ1n) is 6.83. The molecular formula is C15H26N2. The van der Waals surface area contributed by atoms with Gasteiger partial charge in [0.25, 0.3) is 0 Å². The number of benzene rings is 1. The second-order valence-electron chi connectivity index (χ2n) is 4.57. The van der Waals surface area contributed by atoms with E-state index in [1.807, 2.05) is 0 Å². The lowest BCUT2D eigenvalue weighted by molar-refractivity contribution is 0.273. The zero-order valence-corrected chi connectivity index (χ0v) is 11.1. The Morgan fingerprint density at radius 2 is 1.71 bits per heavy atom. The maximum Gasteiger partial charge on any atom is 0.0105 e. The van der Waals surface area contributed by atoms with E-state index in [-0.39, 0.29) is 0 Å². The standard InChI is InChI=1S/C15H26N2/c1-2-3-12-17(14-11-16)13-7-10-15-8-5-4-6-9-15/h4-6,8-9H,2-3,7,10-14,16H2,1H3. The Labute approximate surface area is 106 Å². The fourth-order valence-electron chi connectivity index (χ4n) is 2.05. The Bertz CT molecular complexity index is 272. The molecule has 0 amide bonds. The fraction of sp³-hybridized carbons (Fsp3) is 0.600. The Balaban J connectivity index is 2.22. The summed E-state index contributed by atoms with van der Waals surface area (Å²) in [6.45, 7) is 6.42. The number of aryl methyl sites for hydroxylation is 1. The summed E-state index contributed by atoms with van der Waals surface area (Å²) in [5.41, 5.74) is 7.08. The van der Waals surface area contributed by atoms with Crippen molar-refractivity contribution in [2.24, 2.45) is 5.73 Å². The van der Waals surface area contributed by atoms with Crippen LogP contribution in [0.2, 0.25) is 0 Å². The first kappa shape index (κ1) is 14.2. The molecular weight excluding hydrogens is 208 g/mol. The minimum atomic E-state index is 0.773. The molecule has 0 bridgehead atoms. The highest BCUT2D eigenvalue weighted by Gasteiger charge is 2.02. The molecule has 0 atom stereocenters. The maximum absolute atomic E-state index is 5.64. The fourth-order valence-corrected chi connectivity index (χ4v) is 2.05. The van der Waals surface area contributed by atoms with Gasteiger partial charge in [-0.05, 0) is 37.9 Å². The van der Waals surface area contributed by atoms with Gasteiger partial charge in [0.1, 0.15) is 0 Å². The zero-order valence-electron chi connectivity index (χ0n) is 11.1. The summed E-state index contributed by atoms with van der Waals surface area (Å²) in [5, 5.41) is 0. The minimum absolute atomic E-state index is 0.773. The molecule has 0 aliphatic heterocycles. The number of hydrogen-bond acceptors (Lipinski definition) is 2. The van der Waals surface area contributed by atoms with Crippen molar-refractivity contribution in [3.8, 4) is 0 Å². The van der Waals surface area contributed by atoms with Crippen LogP contribution >= 0.6 is 0 Å². The molecule has 0 spiro atoms. The third-order valence-electron chi connectivity index (χ3n) is 3.06. The molecule has 1 rings (SSSR count). The van der Waals surface area contributed by atoms with Gasteiger partial charge < -0.3 is 10.6 Å². The highest BCUT2D eigenvalue weighted by Crippen LogP contribution is 2.04. The van der Waals surface area contributed by atoms with Crippen molar-refractivity contribution in [3.63, 3.8) is 0 Å². The summed E-state index contributed by atoms with van der Waals surface area (Å²) in [5.74, 6) is 0. The van der Waals surface area contributed by atoms with E-state index in [0.29, 0.717) is 0 Å². The molecule has 0 aliphatic rings. The van der Waals surface area contributed by atoms with Crippen LogP contribution in [0.4, 0.5) is 0 Å². The van der Waals surface area contributed by atoms with E-state index in [1.165, 1.54) is 44.3 Å². The third-order valence-corrected chi connectivity index (χ3v) is 3.06. The lowest BCUT2D eigenvalue weighted by Crippen LogP contribution is -2.31. The monoisotopic (exact) mass is 234 g/mol. The lowest BCUT2D eigenvalue weighted by Gasteiger charge is -2.21. The van der Waals surface area contributed by atoms with Crippen molar-refractivity contribution in [2.45, 2.75) is 32.6 Å². The number of hydrogen-bond donors (Lipinski definition) is 1. The van der Waals surface area contributed by atoms with Crippen LogP contribution in [0.5, 0.6) is 0 Å². The van der Waals surface area contributed by atoms with Crippen LogP contribution in [0.1, 0.15) is 31.7 Å². The summed E-state index contributed by atoms with van der Waals surface area (Å²) in [6, 6.07) is 10.7. The second kappa shape index (κ2) is 9.20. The van der Waals surface area contributed by atoms with E-state index in [1.54, 1.807) is 0 Å². The maximum atomic E-state index is 5.64. The highest BCUT2D eigenvalue weighted by atomic mass is 15.1. The SMILES string of the molecule is CCCCN(CCN)CCCc1ccccc1. The molecule has 0 saturated heterocycles. The van der Waals surface area contributed by atoms with Crippen molar-refractivity contribution < 1.29 is 0 Å². The molecule has 2 N–H and O–H groups in total. The summed E-state index contributed by atoms with van der Waals surface area (Å²) >= 11 is 0. The summed E-state index contributed by atoms with van der Waals surface area (Å²) in [4.78, 5) is 2.49. The van der Waals surface area contributed by atoms with Gasteiger partial charge in [0.05, 0.1) is 0 Å². The average molecular weight is 234 g/mol. The van der Waals surface area contributed by atoms with Gasteiger partial charge in [0.2, 0.25) is 0 Å². The van der Waals surface area contributed by atoms with Crippen molar-refractivity contribution in [3.05, 3.63) is 35.9 Å². The van der Waals surface area contributed by atoms with Gasteiger partial charge in [-0.25, -0.2) is 0 Å². The normalized spacial score (nSPS) is 11.0. The molecule has 0 unspecified atom stereocenters. The van der Waals surface area contributed by atoms with Gasteiger partial charge >= 0.3 is 0 Å². The smallest absolute Gasteiger partial charge is 0.0105 e. The van der Waals surface area contributed by atoms with Crippen LogP contribution in [0, 0.1) is 0 Å². The number of rotatable bonds is 9. The largest absolute Gasteiger partial charge is 0.329 e. The Kier molecular flexibility index (Phi) is 7.69. The summed E-state index contributed by atoms with van der Waals surface area (Å²) in [7, 11) is 0. The molecule has 0 aliphatic carbocycles. The van der Waals surface area contributed by atoms with Crippen LogP contribution < -0.4 is 5.73 Å². The van der Waals surface area contributed by atoms with Gasteiger partial charge in [0.15, 0.2) is 0 Å². The number of unbranched alkanes of at least 4 members (excludes halogenated alkanes) is 1. The third kappa shape index (κ3) is 6.44. The van der Waals surface area contributed by atoms with Gasteiger partial charge in [-0.15, -0.1) is 0 Å². The van der Waals surface area contributed by atoms with E-state index in [0.717, 1.165) is 13.1 Å². The molecule has 0 fully saturated rings. The lowest BCUT2D eigenvalue weighted by atomic mass is 10.1. The first-order chi connectivity index (χ1) is 8.36.